The van der Waals surface area contributed by atoms with Crippen LogP contribution in [-0.2, 0) is 16.4 Å². The van der Waals surface area contributed by atoms with Crippen LogP contribution in [0.5, 0.6) is 0 Å². The molecule has 0 atom stereocenters. The molecule has 0 bridgehead atoms. The van der Waals surface area contributed by atoms with Crippen molar-refractivity contribution in [3.05, 3.63) is 21.9 Å². The summed E-state index contributed by atoms with van der Waals surface area (Å²) in [6, 6.07) is 4.08. The Hall–Kier alpha value is -1.12. The van der Waals surface area contributed by atoms with Gasteiger partial charge in [0, 0.05) is 9.75 Å². The van der Waals surface area contributed by atoms with Gasteiger partial charge in [-0.05, 0) is 43.4 Å². The molecule has 0 aromatic carbocycles. The van der Waals surface area contributed by atoms with E-state index in [2.05, 4.69) is 9.69 Å². The fourth-order valence-corrected chi connectivity index (χ4v) is 5.69. The Morgan fingerprint density at radius 3 is 2.80 bits per heavy atom. The van der Waals surface area contributed by atoms with E-state index in [1.165, 1.54) is 4.88 Å². The summed E-state index contributed by atoms with van der Waals surface area (Å²) < 4.78 is 28.7. The summed E-state index contributed by atoms with van der Waals surface area (Å²) in [4.78, 5) is 2.58. The third-order valence-corrected chi connectivity index (χ3v) is 7.42. The lowest BCUT2D eigenvalue weighted by Crippen LogP contribution is -2.11. The van der Waals surface area contributed by atoms with E-state index in [1.54, 1.807) is 11.3 Å². The van der Waals surface area contributed by atoms with Crippen LogP contribution in [0, 0.1) is 6.92 Å². The predicted octanol–water partition coefficient (Wildman–Crippen LogP) is 2.64. The zero-order valence-corrected chi connectivity index (χ0v) is 13.4. The lowest BCUT2D eigenvalue weighted by atomic mass is 10.4. The van der Waals surface area contributed by atoms with Gasteiger partial charge < -0.3 is 11.1 Å². The Balaban J connectivity index is 1.84. The van der Waals surface area contributed by atoms with Crippen molar-refractivity contribution >= 4 is 43.5 Å². The van der Waals surface area contributed by atoms with Gasteiger partial charge >= 0.3 is 0 Å². The molecule has 2 aromatic rings. The minimum absolute atomic E-state index is 0.117. The molecule has 8 heteroatoms. The van der Waals surface area contributed by atoms with Gasteiger partial charge in [-0.15, -0.1) is 11.3 Å². The maximum absolute atomic E-state index is 12.4. The molecule has 1 aliphatic carbocycles. The van der Waals surface area contributed by atoms with Crippen LogP contribution in [0.2, 0.25) is 0 Å². The van der Waals surface area contributed by atoms with Crippen molar-refractivity contribution in [3.63, 3.8) is 0 Å². The number of thiophene rings is 1. The van der Waals surface area contributed by atoms with Crippen LogP contribution in [0.4, 0.5) is 10.8 Å². The molecule has 0 saturated heterocycles. The van der Waals surface area contributed by atoms with E-state index in [1.807, 2.05) is 19.1 Å². The van der Waals surface area contributed by atoms with Gasteiger partial charge in [0.05, 0.1) is 11.8 Å². The van der Waals surface area contributed by atoms with Gasteiger partial charge in [0.1, 0.15) is 9.90 Å². The number of rotatable bonds is 5. The van der Waals surface area contributed by atoms with Gasteiger partial charge in [0.25, 0.3) is 0 Å². The fourth-order valence-electron chi connectivity index (χ4n) is 1.97. The van der Waals surface area contributed by atoms with Gasteiger partial charge in [-0.25, -0.2) is 8.42 Å². The normalized spacial score (nSPS) is 15.4. The molecule has 2 heterocycles. The summed E-state index contributed by atoms with van der Waals surface area (Å²) in [5, 5.41) is 3.44. The second-order valence-corrected chi connectivity index (χ2v) is 9.15. The van der Waals surface area contributed by atoms with Crippen molar-refractivity contribution in [3.8, 4) is 0 Å². The molecule has 3 N–H and O–H groups in total. The topological polar surface area (TPSA) is 85.1 Å². The lowest BCUT2D eigenvalue weighted by molar-refractivity contribution is 0.595. The molecule has 20 heavy (non-hydrogen) atoms. The van der Waals surface area contributed by atoms with E-state index < -0.39 is 9.84 Å². The minimum atomic E-state index is -3.32. The highest BCUT2D eigenvalue weighted by atomic mass is 32.2. The Kier molecular flexibility index (Phi) is 3.47. The maximum Gasteiger partial charge on any atom is 0.187 e. The number of nitrogens with zero attached hydrogens (tertiary/aromatic N) is 1. The molecular weight excluding hydrogens is 314 g/mol. The molecule has 108 valence electrons. The van der Waals surface area contributed by atoms with Crippen LogP contribution in [-0.4, -0.2) is 18.0 Å². The predicted molar refractivity (Wildman–Crippen MR) is 83.1 cm³/mol. The van der Waals surface area contributed by atoms with Crippen LogP contribution in [0.3, 0.4) is 0 Å². The Morgan fingerprint density at radius 2 is 2.20 bits per heavy atom. The summed E-state index contributed by atoms with van der Waals surface area (Å²) in [6.45, 7) is 2.63. The SMILES string of the molecule is Cc1ccc(CNc2snc(N)c2S(=O)(=O)C2CC2)s1. The number of aromatic nitrogens is 1. The van der Waals surface area contributed by atoms with Crippen LogP contribution in [0.1, 0.15) is 22.6 Å². The monoisotopic (exact) mass is 329 g/mol. The van der Waals surface area contributed by atoms with Crippen LogP contribution < -0.4 is 11.1 Å². The van der Waals surface area contributed by atoms with Gasteiger partial charge in [-0.1, -0.05) is 0 Å². The average molecular weight is 329 g/mol. The van der Waals surface area contributed by atoms with Crippen molar-refractivity contribution in [2.24, 2.45) is 0 Å². The molecule has 1 fully saturated rings. The van der Waals surface area contributed by atoms with E-state index >= 15 is 0 Å². The quantitative estimate of drug-likeness (QED) is 0.881. The Bertz CT molecular complexity index is 729. The summed E-state index contributed by atoms with van der Waals surface area (Å²) in [5.41, 5.74) is 5.75. The largest absolute Gasteiger partial charge is 0.382 e. The van der Waals surface area contributed by atoms with Gasteiger partial charge in [0.15, 0.2) is 15.7 Å². The molecule has 1 aliphatic rings. The highest BCUT2D eigenvalue weighted by molar-refractivity contribution is 7.92. The molecule has 5 nitrogen and oxygen atoms in total. The van der Waals surface area contributed by atoms with Crippen LogP contribution >= 0.6 is 22.9 Å². The minimum Gasteiger partial charge on any atom is -0.382 e. The average Bonchev–Trinajstić information content (AvgIpc) is 3.08. The Morgan fingerprint density at radius 1 is 1.45 bits per heavy atom. The Labute approximate surface area is 125 Å². The summed E-state index contributed by atoms with van der Waals surface area (Å²) in [7, 11) is -3.32. The van der Waals surface area contributed by atoms with E-state index in [-0.39, 0.29) is 16.0 Å². The molecule has 1 saturated carbocycles. The first-order valence-corrected chi connectivity index (χ1v) is 9.40. The summed E-state index contributed by atoms with van der Waals surface area (Å²) in [6.07, 6.45) is 1.45. The van der Waals surface area contributed by atoms with Crippen molar-refractivity contribution in [2.45, 2.75) is 36.5 Å². The molecule has 0 radical (unpaired) electrons. The van der Waals surface area contributed by atoms with Crippen molar-refractivity contribution in [2.75, 3.05) is 11.1 Å². The zero-order valence-electron chi connectivity index (χ0n) is 10.9. The standard InChI is InChI=1S/C12H15N3O2S3/c1-7-2-3-8(18-7)6-14-12-10(11(13)15-19-12)20(16,17)9-4-5-9/h2-3,9,14H,4-6H2,1H3,(H2,13,15). The highest BCUT2D eigenvalue weighted by Crippen LogP contribution is 2.41. The van der Waals surface area contributed by atoms with Crippen LogP contribution in [0.15, 0.2) is 17.0 Å². The third-order valence-electron chi connectivity index (χ3n) is 3.14. The van der Waals surface area contributed by atoms with Crippen molar-refractivity contribution < 1.29 is 8.42 Å². The number of nitrogen functional groups attached to an aromatic ring is 1. The van der Waals surface area contributed by atoms with E-state index in [0.717, 1.165) is 29.3 Å². The second kappa shape index (κ2) is 5.01. The zero-order chi connectivity index (χ0) is 14.3. The highest BCUT2D eigenvalue weighted by Gasteiger charge is 2.40. The first-order valence-electron chi connectivity index (χ1n) is 6.26. The van der Waals surface area contributed by atoms with Crippen LogP contribution in [0.25, 0.3) is 0 Å². The van der Waals surface area contributed by atoms with E-state index in [4.69, 9.17) is 5.73 Å². The van der Waals surface area contributed by atoms with Crippen molar-refractivity contribution in [1.82, 2.24) is 4.37 Å². The summed E-state index contributed by atoms with van der Waals surface area (Å²) >= 11 is 2.80. The van der Waals surface area contributed by atoms with E-state index in [9.17, 15) is 8.42 Å². The molecular formula is C12H15N3O2S3. The first kappa shape index (κ1) is 13.8. The third kappa shape index (κ3) is 2.55. The van der Waals surface area contributed by atoms with Gasteiger partial charge in [0.2, 0.25) is 0 Å². The van der Waals surface area contributed by atoms with Gasteiger partial charge in [-0.3, -0.25) is 0 Å². The lowest BCUT2D eigenvalue weighted by Gasteiger charge is -2.06. The smallest absolute Gasteiger partial charge is 0.187 e. The summed E-state index contributed by atoms with van der Waals surface area (Å²) in [5.74, 6) is 0.117. The number of sulfone groups is 1. The molecule has 0 spiro atoms. The molecule has 3 rings (SSSR count). The number of nitrogens with one attached hydrogen (secondary N) is 1. The molecule has 0 unspecified atom stereocenters. The van der Waals surface area contributed by atoms with E-state index in [0.29, 0.717) is 11.5 Å². The number of hydrogen-bond donors (Lipinski definition) is 2. The van der Waals surface area contributed by atoms with Crippen molar-refractivity contribution in [1.29, 1.82) is 0 Å². The van der Waals surface area contributed by atoms with Gasteiger partial charge in [-0.2, -0.15) is 4.37 Å². The number of nitrogens with two attached hydrogens (primary N) is 1. The molecule has 0 amide bonds. The maximum atomic E-state index is 12.4. The second-order valence-electron chi connectivity index (χ2n) is 4.84. The fraction of sp³-hybridized carbons (Fsp3) is 0.417. The number of aryl methyl sites for hydroxylation is 1. The molecule has 0 aliphatic heterocycles. The number of anilines is 2. The molecule has 2 aromatic heterocycles. The first-order chi connectivity index (χ1) is 9.48. The number of hydrogen-bond acceptors (Lipinski definition) is 7.